The molecule has 1 rings (SSSR count). The van der Waals surface area contributed by atoms with Crippen LogP contribution in [0, 0.1) is 5.41 Å². The first-order valence-corrected chi connectivity index (χ1v) is 6.72. The lowest BCUT2D eigenvalue weighted by Gasteiger charge is -2.28. The molecule has 5 heteroatoms. The van der Waals surface area contributed by atoms with E-state index >= 15 is 0 Å². The molecule has 1 saturated heterocycles. The first-order valence-electron chi connectivity index (χ1n) is 5.59. The highest BCUT2D eigenvalue weighted by Crippen LogP contribution is 2.22. The van der Waals surface area contributed by atoms with E-state index in [1.165, 1.54) is 7.11 Å². The lowest BCUT2D eigenvalue weighted by atomic mass is 9.96. The molecule has 0 saturated carbocycles. The van der Waals surface area contributed by atoms with Gasteiger partial charge in [-0.25, -0.2) is 4.79 Å². The number of alkyl carbamates (subject to hydrolysis) is 1. The van der Waals surface area contributed by atoms with E-state index in [-0.39, 0.29) is 17.6 Å². The van der Waals surface area contributed by atoms with Gasteiger partial charge in [0.15, 0.2) is 0 Å². The molecule has 1 N–H and O–H groups in total. The van der Waals surface area contributed by atoms with Crippen molar-refractivity contribution >= 4 is 22.0 Å². The fourth-order valence-corrected chi connectivity index (χ4v) is 2.14. The summed E-state index contributed by atoms with van der Waals surface area (Å²) < 4.78 is 4.59. The molecule has 4 nitrogen and oxygen atoms in total. The van der Waals surface area contributed by atoms with Gasteiger partial charge in [-0.15, -0.1) is 0 Å². The SMILES string of the molecule is COC(=O)NC1CCN(CC(C)(C)CBr)C1. The molecular weight excluding hydrogens is 272 g/mol. The van der Waals surface area contributed by atoms with Crippen molar-refractivity contribution in [2.24, 2.45) is 5.41 Å². The second kappa shape index (κ2) is 5.87. The number of hydrogen-bond donors (Lipinski definition) is 1. The lowest BCUT2D eigenvalue weighted by molar-refractivity contribution is 0.165. The van der Waals surface area contributed by atoms with Crippen molar-refractivity contribution in [3.8, 4) is 0 Å². The fraction of sp³-hybridized carbons (Fsp3) is 0.909. The van der Waals surface area contributed by atoms with Gasteiger partial charge in [0.05, 0.1) is 7.11 Å². The molecular formula is C11H21BrN2O2. The number of likely N-dealkylation sites (tertiary alicyclic amines) is 1. The number of amides is 1. The standard InChI is InChI=1S/C11H21BrN2O2/c1-11(2,7-12)8-14-5-4-9(6-14)13-10(15)16-3/h9H,4-8H2,1-3H3,(H,13,15). The number of nitrogens with one attached hydrogen (secondary N) is 1. The number of ether oxygens (including phenoxy) is 1. The zero-order valence-corrected chi connectivity index (χ0v) is 11.8. The van der Waals surface area contributed by atoms with Gasteiger partial charge in [-0.1, -0.05) is 29.8 Å². The van der Waals surface area contributed by atoms with Crippen molar-refractivity contribution < 1.29 is 9.53 Å². The summed E-state index contributed by atoms with van der Waals surface area (Å²) >= 11 is 3.53. The number of methoxy groups -OCH3 is 1. The minimum absolute atomic E-state index is 0.235. The van der Waals surface area contributed by atoms with E-state index in [1.54, 1.807) is 0 Å². The van der Waals surface area contributed by atoms with Gasteiger partial charge in [0.2, 0.25) is 0 Å². The first kappa shape index (κ1) is 13.8. The molecule has 1 amide bonds. The van der Waals surface area contributed by atoms with Crippen molar-refractivity contribution in [1.82, 2.24) is 10.2 Å². The summed E-state index contributed by atoms with van der Waals surface area (Å²) in [6.45, 7) is 7.50. The van der Waals surface area contributed by atoms with Crippen LogP contribution in [0.3, 0.4) is 0 Å². The molecule has 0 spiro atoms. The second-order valence-corrected chi connectivity index (χ2v) is 5.72. The smallest absolute Gasteiger partial charge is 0.407 e. The van der Waals surface area contributed by atoms with Crippen LogP contribution in [0.5, 0.6) is 0 Å². The first-order chi connectivity index (χ1) is 7.46. The molecule has 0 aliphatic carbocycles. The van der Waals surface area contributed by atoms with Crippen molar-refractivity contribution in [2.75, 3.05) is 32.1 Å². The van der Waals surface area contributed by atoms with Gasteiger partial charge in [0.25, 0.3) is 0 Å². The fourth-order valence-electron chi connectivity index (χ4n) is 1.97. The molecule has 1 heterocycles. The number of carbonyl (C=O) groups is 1. The maximum absolute atomic E-state index is 11.1. The molecule has 0 aromatic heterocycles. The molecule has 1 unspecified atom stereocenters. The number of hydrogen-bond acceptors (Lipinski definition) is 3. The Morgan fingerprint density at radius 3 is 2.88 bits per heavy atom. The highest BCUT2D eigenvalue weighted by molar-refractivity contribution is 9.09. The van der Waals surface area contributed by atoms with Gasteiger partial charge in [-0.2, -0.15) is 0 Å². The normalized spacial score (nSPS) is 22.1. The number of halogens is 1. The van der Waals surface area contributed by atoms with Gasteiger partial charge in [-0.05, 0) is 11.8 Å². The topological polar surface area (TPSA) is 41.6 Å². The van der Waals surface area contributed by atoms with Gasteiger partial charge in [0.1, 0.15) is 0 Å². The maximum Gasteiger partial charge on any atom is 0.407 e. The quantitative estimate of drug-likeness (QED) is 0.804. The number of alkyl halides is 1. The van der Waals surface area contributed by atoms with E-state index in [0.717, 1.165) is 31.4 Å². The van der Waals surface area contributed by atoms with E-state index in [0.29, 0.717) is 0 Å². The Balaban J connectivity index is 2.32. The molecule has 16 heavy (non-hydrogen) atoms. The van der Waals surface area contributed by atoms with Crippen LogP contribution in [0.25, 0.3) is 0 Å². The van der Waals surface area contributed by atoms with Gasteiger partial charge in [0, 0.05) is 31.0 Å². The molecule has 0 bridgehead atoms. The van der Waals surface area contributed by atoms with Crippen LogP contribution >= 0.6 is 15.9 Å². The third-order valence-corrected chi connectivity index (χ3v) is 4.31. The van der Waals surface area contributed by atoms with Gasteiger partial charge >= 0.3 is 6.09 Å². The summed E-state index contributed by atoms with van der Waals surface area (Å²) in [4.78, 5) is 13.4. The Labute approximate surface area is 106 Å². The number of nitrogens with zero attached hydrogens (tertiary/aromatic N) is 1. The Bertz CT molecular complexity index is 246. The molecule has 94 valence electrons. The molecule has 0 aromatic carbocycles. The third kappa shape index (κ3) is 4.29. The van der Waals surface area contributed by atoms with E-state index in [2.05, 4.69) is 44.7 Å². The molecule has 0 radical (unpaired) electrons. The van der Waals surface area contributed by atoms with Crippen LogP contribution in [-0.4, -0.2) is 49.1 Å². The van der Waals surface area contributed by atoms with Crippen molar-refractivity contribution in [2.45, 2.75) is 26.3 Å². The highest BCUT2D eigenvalue weighted by atomic mass is 79.9. The molecule has 0 aromatic rings. The number of carbonyl (C=O) groups excluding carboxylic acids is 1. The van der Waals surface area contributed by atoms with Crippen molar-refractivity contribution in [1.29, 1.82) is 0 Å². The summed E-state index contributed by atoms with van der Waals surface area (Å²) in [7, 11) is 1.40. The highest BCUT2D eigenvalue weighted by Gasteiger charge is 2.28. The van der Waals surface area contributed by atoms with Crippen molar-refractivity contribution in [3.63, 3.8) is 0 Å². The largest absolute Gasteiger partial charge is 0.453 e. The van der Waals surface area contributed by atoms with Crippen LogP contribution in [0.4, 0.5) is 4.79 Å². The summed E-state index contributed by atoms with van der Waals surface area (Å²) in [5.74, 6) is 0. The lowest BCUT2D eigenvalue weighted by Crippen LogP contribution is -2.39. The molecule has 1 aliphatic rings. The average Bonchev–Trinajstić information content (AvgIpc) is 2.64. The average molecular weight is 293 g/mol. The monoisotopic (exact) mass is 292 g/mol. The van der Waals surface area contributed by atoms with Crippen LogP contribution in [0.1, 0.15) is 20.3 Å². The van der Waals surface area contributed by atoms with Gasteiger partial charge < -0.3 is 15.0 Å². The summed E-state index contributed by atoms with van der Waals surface area (Å²) in [6.07, 6.45) is 0.680. The zero-order chi connectivity index (χ0) is 12.2. The second-order valence-electron chi connectivity index (χ2n) is 5.15. The Morgan fingerprint density at radius 2 is 2.31 bits per heavy atom. The molecule has 1 fully saturated rings. The van der Waals surface area contributed by atoms with Crippen LogP contribution in [0.15, 0.2) is 0 Å². The van der Waals surface area contributed by atoms with E-state index in [9.17, 15) is 4.79 Å². The van der Waals surface area contributed by atoms with E-state index in [4.69, 9.17) is 0 Å². The Morgan fingerprint density at radius 1 is 1.62 bits per heavy atom. The van der Waals surface area contributed by atoms with Crippen molar-refractivity contribution in [3.05, 3.63) is 0 Å². The van der Waals surface area contributed by atoms with Crippen LogP contribution in [-0.2, 0) is 4.74 Å². The minimum atomic E-state index is -0.327. The predicted octanol–water partition coefficient (Wildman–Crippen LogP) is 1.84. The minimum Gasteiger partial charge on any atom is -0.453 e. The Kier molecular flexibility index (Phi) is 5.05. The maximum atomic E-state index is 11.1. The summed E-state index contributed by atoms with van der Waals surface area (Å²) in [5.41, 5.74) is 0.278. The van der Waals surface area contributed by atoms with E-state index in [1.807, 2.05) is 0 Å². The van der Waals surface area contributed by atoms with Crippen LogP contribution < -0.4 is 5.32 Å². The number of rotatable bonds is 4. The molecule has 1 atom stereocenters. The Hall–Kier alpha value is -0.290. The summed E-state index contributed by atoms with van der Waals surface area (Å²) in [6, 6.07) is 0.235. The van der Waals surface area contributed by atoms with Crippen LogP contribution in [0.2, 0.25) is 0 Å². The van der Waals surface area contributed by atoms with Gasteiger partial charge in [-0.3, -0.25) is 0 Å². The summed E-state index contributed by atoms with van der Waals surface area (Å²) in [5, 5.41) is 3.84. The third-order valence-electron chi connectivity index (χ3n) is 2.79. The molecule has 1 aliphatic heterocycles. The predicted molar refractivity (Wildman–Crippen MR) is 68.0 cm³/mol. The zero-order valence-electron chi connectivity index (χ0n) is 10.3. The van der Waals surface area contributed by atoms with E-state index < -0.39 is 0 Å².